The largest absolute Gasteiger partial charge is 0.506 e. The molecule has 1 aromatic carbocycles. The molecular formula is C13H10BrClN2O5S2. The second-order valence-corrected chi connectivity index (χ2v) is 9.17. The van der Waals surface area contributed by atoms with Gasteiger partial charge in [-0.1, -0.05) is 11.6 Å². The second-order valence-electron chi connectivity index (χ2n) is 4.39. The minimum atomic E-state index is -4.11. The molecule has 0 aliphatic rings. The molecule has 2 rings (SSSR count). The molecule has 2 aromatic rings. The van der Waals surface area contributed by atoms with Gasteiger partial charge in [0.2, 0.25) is 0 Å². The van der Waals surface area contributed by atoms with Crippen molar-refractivity contribution in [1.29, 1.82) is 0 Å². The lowest BCUT2D eigenvalue weighted by molar-refractivity contribution is 0.0960. The highest BCUT2D eigenvalue weighted by Gasteiger charge is 2.25. The van der Waals surface area contributed by atoms with Crippen LogP contribution in [0.5, 0.6) is 5.75 Å². The zero-order valence-electron chi connectivity index (χ0n) is 12.0. The van der Waals surface area contributed by atoms with E-state index in [9.17, 15) is 23.1 Å². The molecule has 0 unspecified atom stereocenters. The Balaban J connectivity index is 2.39. The number of phenols is 1. The van der Waals surface area contributed by atoms with Gasteiger partial charge in [0.25, 0.3) is 21.8 Å². The molecule has 0 radical (unpaired) electrons. The highest BCUT2D eigenvalue weighted by Crippen LogP contribution is 2.30. The lowest BCUT2D eigenvalue weighted by atomic mass is 10.1. The van der Waals surface area contributed by atoms with Crippen LogP contribution in [-0.2, 0) is 10.0 Å². The van der Waals surface area contributed by atoms with E-state index in [0.29, 0.717) is 3.79 Å². The van der Waals surface area contributed by atoms with Crippen LogP contribution in [0.15, 0.2) is 32.3 Å². The van der Waals surface area contributed by atoms with Crippen molar-refractivity contribution in [3.05, 3.63) is 44.2 Å². The summed E-state index contributed by atoms with van der Waals surface area (Å²) in [5.41, 5.74) is -0.708. The van der Waals surface area contributed by atoms with Crippen LogP contribution in [0, 0.1) is 0 Å². The van der Waals surface area contributed by atoms with Crippen LogP contribution in [0.2, 0.25) is 5.02 Å². The van der Waals surface area contributed by atoms with Gasteiger partial charge in [-0.05, 0) is 40.2 Å². The van der Waals surface area contributed by atoms with Crippen LogP contribution in [-0.4, -0.2) is 32.4 Å². The summed E-state index contributed by atoms with van der Waals surface area (Å²) in [6, 6.07) is 5.18. The van der Waals surface area contributed by atoms with Gasteiger partial charge in [0, 0.05) is 7.05 Å². The Morgan fingerprint density at radius 2 is 1.88 bits per heavy atom. The molecule has 0 aliphatic heterocycles. The monoisotopic (exact) mass is 452 g/mol. The Hall–Kier alpha value is -1.62. The van der Waals surface area contributed by atoms with Crippen molar-refractivity contribution in [3.63, 3.8) is 0 Å². The molecule has 0 saturated carbocycles. The lowest BCUT2D eigenvalue weighted by Gasteiger charge is -2.11. The van der Waals surface area contributed by atoms with E-state index in [2.05, 4.69) is 21.2 Å². The fourth-order valence-electron chi connectivity index (χ4n) is 1.76. The Labute approximate surface area is 154 Å². The molecule has 11 heteroatoms. The molecule has 0 saturated heterocycles. The van der Waals surface area contributed by atoms with Crippen molar-refractivity contribution in [2.45, 2.75) is 4.21 Å². The topological polar surface area (TPSA) is 113 Å². The number of carbonyl (C=O) groups excluding carboxylic acids is 2. The lowest BCUT2D eigenvalue weighted by Crippen LogP contribution is -2.30. The summed E-state index contributed by atoms with van der Waals surface area (Å²) < 4.78 is 26.6. The first kappa shape index (κ1) is 18.7. The maximum absolute atomic E-state index is 12.2. The summed E-state index contributed by atoms with van der Waals surface area (Å²) >= 11 is 9.88. The first-order valence-electron chi connectivity index (χ1n) is 6.23. The van der Waals surface area contributed by atoms with Gasteiger partial charge >= 0.3 is 0 Å². The van der Waals surface area contributed by atoms with Crippen molar-refractivity contribution in [1.82, 2.24) is 10.0 Å². The molecule has 1 aromatic heterocycles. The summed E-state index contributed by atoms with van der Waals surface area (Å²) in [6.07, 6.45) is 0. The van der Waals surface area contributed by atoms with Gasteiger partial charge in [-0.15, -0.1) is 11.3 Å². The Morgan fingerprint density at radius 1 is 1.21 bits per heavy atom. The molecular weight excluding hydrogens is 444 g/mol. The predicted molar refractivity (Wildman–Crippen MR) is 93.2 cm³/mol. The fourth-order valence-corrected chi connectivity index (χ4v) is 4.97. The summed E-state index contributed by atoms with van der Waals surface area (Å²) in [5, 5.41) is 12.3. The van der Waals surface area contributed by atoms with E-state index in [0.717, 1.165) is 17.4 Å². The zero-order valence-corrected chi connectivity index (χ0v) is 15.9. The molecule has 0 aliphatic carbocycles. The van der Waals surface area contributed by atoms with E-state index < -0.39 is 33.2 Å². The van der Waals surface area contributed by atoms with Crippen LogP contribution in [0.1, 0.15) is 20.7 Å². The van der Waals surface area contributed by atoms with E-state index in [-0.39, 0.29) is 14.8 Å². The van der Waals surface area contributed by atoms with Gasteiger partial charge in [-0.2, -0.15) is 0 Å². The average molecular weight is 454 g/mol. The third-order valence-corrected chi connectivity index (χ3v) is 6.63. The Kier molecular flexibility index (Phi) is 5.53. The van der Waals surface area contributed by atoms with Crippen molar-refractivity contribution in [2.75, 3.05) is 7.05 Å². The molecule has 7 nitrogen and oxygen atoms in total. The molecule has 0 fully saturated rings. The zero-order chi connectivity index (χ0) is 18.1. The van der Waals surface area contributed by atoms with Crippen molar-refractivity contribution < 1.29 is 23.1 Å². The summed E-state index contributed by atoms with van der Waals surface area (Å²) in [5.74, 6) is -2.50. The third kappa shape index (κ3) is 3.72. The van der Waals surface area contributed by atoms with Gasteiger partial charge in [0.1, 0.15) is 15.5 Å². The number of halogens is 2. The van der Waals surface area contributed by atoms with E-state index in [1.54, 1.807) is 0 Å². The number of hydrogen-bond donors (Lipinski definition) is 3. The Morgan fingerprint density at radius 3 is 2.42 bits per heavy atom. The first-order chi connectivity index (χ1) is 11.2. The van der Waals surface area contributed by atoms with Gasteiger partial charge < -0.3 is 10.4 Å². The fraction of sp³-hybridized carbons (Fsp3) is 0.0769. The van der Waals surface area contributed by atoms with Gasteiger partial charge in [0.15, 0.2) is 0 Å². The number of nitrogens with one attached hydrogen (secondary N) is 2. The van der Waals surface area contributed by atoms with Crippen molar-refractivity contribution >= 4 is 60.7 Å². The number of carbonyl (C=O) groups is 2. The number of benzene rings is 1. The number of aromatic hydroxyl groups is 1. The number of rotatable bonds is 4. The quantitative estimate of drug-likeness (QED) is 0.658. The smallest absolute Gasteiger partial charge is 0.273 e. The minimum Gasteiger partial charge on any atom is -0.506 e. The van der Waals surface area contributed by atoms with Crippen LogP contribution in [0.4, 0.5) is 0 Å². The van der Waals surface area contributed by atoms with Crippen LogP contribution < -0.4 is 10.0 Å². The normalized spacial score (nSPS) is 11.1. The number of amides is 2. The number of hydrogen-bond acceptors (Lipinski definition) is 6. The van der Waals surface area contributed by atoms with Crippen LogP contribution >= 0.6 is 38.9 Å². The molecule has 3 N–H and O–H groups in total. The highest BCUT2D eigenvalue weighted by molar-refractivity contribution is 9.11. The average Bonchev–Trinajstić information content (AvgIpc) is 2.94. The SMILES string of the molecule is CNC(=O)c1c(Cl)ccc(C(=O)NS(=O)(=O)c2ccc(Br)s2)c1O. The van der Waals surface area contributed by atoms with Crippen molar-refractivity contribution in [2.24, 2.45) is 0 Å². The predicted octanol–water partition coefficient (Wildman–Crippen LogP) is 2.35. The standard InChI is InChI=1S/C13H10BrClN2O5S2/c1-16-13(20)10-7(15)3-2-6(11(10)18)12(19)17-24(21,22)9-5-4-8(14)23-9/h2-5,18H,1H3,(H,16,20)(H,17,19). The first-order valence-corrected chi connectivity index (χ1v) is 9.70. The molecule has 0 atom stereocenters. The summed E-state index contributed by atoms with van der Waals surface area (Å²) in [6.45, 7) is 0. The van der Waals surface area contributed by atoms with E-state index in [4.69, 9.17) is 11.6 Å². The van der Waals surface area contributed by atoms with E-state index >= 15 is 0 Å². The summed E-state index contributed by atoms with van der Waals surface area (Å²) in [7, 11) is -2.78. The maximum atomic E-state index is 12.2. The van der Waals surface area contributed by atoms with E-state index in [1.165, 1.54) is 25.2 Å². The maximum Gasteiger partial charge on any atom is 0.273 e. The van der Waals surface area contributed by atoms with Crippen molar-refractivity contribution in [3.8, 4) is 5.75 Å². The number of thiophene rings is 1. The van der Waals surface area contributed by atoms with Crippen LogP contribution in [0.3, 0.4) is 0 Å². The second kappa shape index (κ2) is 7.09. The third-order valence-electron chi connectivity index (χ3n) is 2.87. The minimum absolute atomic E-state index is 0.0755. The van der Waals surface area contributed by atoms with Gasteiger partial charge in [-0.3, -0.25) is 9.59 Å². The molecule has 24 heavy (non-hydrogen) atoms. The summed E-state index contributed by atoms with van der Waals surface area (Å²) in [4.78, 5) is 23.9. The molecule has 1 heterocycles. The molecule has 128 valence electrons. The van der Waals surface area contributed by atoms with Crippen LogP contribution in [0.25, 0.3) is 0 Å². The van der Waals surface area contributed by atoms with E-state index in [1.807, 2.05) is 4.72 Å². The van der Waals surface area contributed by atoms with Gasteiger partial charge in [0.05, 0.1) is 14.4 Å². The molecule has 2 amide bonds. The number of sulfonamides is 1. The molecule has 0 spiro atoms. The highest BCUT2D eigenvalue weighted by atomic mass is 79.9. The number of phenolic OH excluding ortho intramolecular Hbond substituents is 1. The molecule has 0 bridgehead atoms. The van der Waals surface area contributed by atoms with Gasteiger partial charge in [-0.25, -0.2) is 13.1 Å². The Bertz CT molecular complexity index is 926.